The van der Waals surface area contributed by atoms with Gasteiger partial charge in [0.1, 0.15) is 5.69 Å². The van der Waals surface area contributed by atoms with Gasteiger partial charge in [0, 0.05) is 25.3 Å². The van der Waals surface area contributed by atoms with Gasteiger partial charge in [-0.05, 0) is 39.8 Å². The molecule has 23 heavy (non-hydrogen) atoms. The van der Waals surface area contributed by atoms with Crippen LogP contribution in [0.4, 0.5) is 0 Å². The Labute approximate surface area is 137 Å². The number of aryl methyl sites for hydroxylation is 1. The van der Waals surface area contributed by atoms with Crippen molar-refractivity contribution in [1.29, 1.82) is 0 Å². The molecule has 2 saturated heterocycles. The lowest BCUT2D eigenvalue weighted by atomic mass is 9.87. The lowest BCUT2D eigenvalue weighted by Crippen LogP contribution is -2.47. The first-order valence-corrected chi connectivity index (χ1v) is 8.45. The van der Waals surface area contributed by atoms with Gasteiger partial charge in [-0.15, -0.1) is 0 Å². The van der Waals surface area contributed by atoms with E-state index < -0.39 is 0 Å². The third-order valence-electron chi connectivity index (χ3n) is 5.27. The molecule has 1 spiro atoms. The summed E-state index contributed by atoms with van der Waals surface area (Å²) in [7, 11) is 2.15. The van der Waals surface area contributed by atoms with E-state index in [2.05, 4.69) is 28.8 Å². The van der Waals surface area contributed by atoms with Crippen LogP contribution in [0.1, 0.15) is 42.4 Å². The van der Waals surface area contributed by atoms with Gasteiger partial charge in [-0.1, -0.05) is 6.92 Å². The summed E-state index contributed by atoms with van der Waals surface area (Å²) < 4.78 is 6.16. The molecule has 1 atom stereocenters. The second kappa shape index (κ2) is 6.53. The Bertz CT molecular complexity index is 552. The number of hydrogen-bond acceptors (Lipinski definition) is 5. The van der Waals surface area contributed by atoms with Gasteiger partial charge in [-0.2, -0.15) is 0 Å². The quantitative estimate of drug-likeness (QED) is 0.845. The molecule has 0 aliphatic carbocycles. The number of likely N-dealkylation sites (tertiary alicyclic amines) is 1. The number of nitrogens with zero attached hydrogens (tertiary/aromatic N) is 4. The fourth-order valence-corrected chi connectivity index (χ4v) is 3.49. The van der Waals surface area contributed by atoms with Crippen molar-refractivity contribution in [2.75, 3.05) is 33.3 Å². The summed E-state index contributed by atoms with van der Waals surface area (Å²) in [6.45, 7) is 7.36. The molecular weight excluding hydrogens is 292 g/mol. The molecule has 6 nitrogen and oxygen atoms in total. The number of carbonyl (C=O) groups excluding carboxylic acids is 1. The molecule has 1 unspecified atom stereocenters. The van der Waals surface area contributed by atoms with Crippen molar-refractivity contribution >= 4 is 5.91 Å². The molecule has 1 aromatic heterocycles. The zero-order valence-corrected chi connectivity index (χ0v) is 14.3. The van der Waals surface area contributed by atoms with E-state index in [1.807, 2.05) is 11.8 Å². The van der Waals surface area contributed by atoms with Crippen LogP contribution < -0.4 is 0 Å². The first kappa shape index (κ1) is 16.3. The Morgan fingerprint density at radius 1 is 1.39 bits per heavy atom. The Hall–Kier alpha value is -1.53. The summed E-state index contributed by atoms with van der Waals surface area (Å²) in [6.07, 6.45) is 6.10. The predicted molar refractivity (Wildman–Crippen MR) is 87.3 cm³/mol. The highest BCUT2D eigenvalue weighted by Gasteiger charge is 2.44. The molecule has 0 bridgehead atoms. The maximum absolute atomic E-state index is 12.5. The van der Waals surface area contributed by atoms with E-state index in [0.717, 1.165) is 51.2 Å². The summed E-state index contributed by atoms with van der Waals surface area (Å²) in [4.78, 5) is 25.1. The predicted octanol–water partition coefficient (Wildman–Crippen LogP) is 1.50. The fourth-order valence-electron chi connectivity index (χ4n) is 3.49. The van der Waals surface area contributed by atoms with Crippen LogP contribution >= 0.6 is 0 Å². The Kier molecular flexibility index (Phi) is 4.64. The first-order valence-electron chi connectivity index (χ1n) is 8.45. The van der Waals surface area contributed by atoms with Gasteiger partial charge in [0.15, 0.2) is 0 Å². The summed E-state index contributed by atoms with van der Waals surface area (Å²) in [5, 5.41) is 0. The third-order valence-corrected chi connectivity index (χ3v) is 5.27. The zero-order chi connectivity index (χ0) is 16.4. The average molecular weight is 318 g/mol. The van der Waals surface area contributed by atoms with E-state index in [4.69, 9.17) is 4.74 Å². The highest BCUT2D eigenvalue weighted by molar-refractivity contribution is 5.92. The number of ether oxygens (including phenoxy) is 1. The molecule has 2 fully saturated rings. The zero-order valence-electron chi connectivity index (χ0n) is 14.3. The molecule has 126 valence electrons. The van der Waals surface area contributed by atoms with Gasteiger partial charge in [-0.3, -0.25) is 9.78 Å². The van der Waals surface area contributed by atoms with Crippen LogP contribution in [0.3, 0.4) is 0 Å². The number of likely N-dealkylation sites (N-methyl/N-ethyl adjacent to an activating group) is 1. The average Bonchev–Trinajstić information content (AvgIpc) is 2.99. The van der Waals surface area contributed by atoms with Crippen LogP contribution in [0.15, 0.2) is 12.4 Å². The van der Waals surface area contributed by atoms with E-state index in [9.17, 15) is 4.79 Å². The van der Waals surface area contributed by atoms with Crippen LogP contribution in [-0.4, -0.2) is 70.6 Å². The molecule has 6 heteroatoms. The van der Waals surface area contributed by atoms with E-state index in [-0.39, 0.29) is 11.5 Å². The SMILES string of the molecule is CCN(C)C1COC2(CCN(C(=O)c3cnc(C)cn3)CC2)C1. The van der Waals surface area contributed by atoms with E-state index in [0.29, 0.717) is 11.7 Å². The van der Waals surface area contributed by atoms with Crippen molar-refractivity contribution in [2.45, 2.75) is 44.8 Å². The largest absolute Gasteiger partial charge is 0.373 e. The summed E-state index contributed by atoms with van der Waals surface area (Å²) in [6, 6.07) is 0.505. The fraction of sp³-hybridized carbons (Fsp3) is 0.706. The van der Waals surface area contributed by atoms with Gasteiger partial charge in [0.05, 0.1) is 24.1 Å². The number of hydrogen-bond donors (Lipinski definition) is 0. The maximum atomic E-state index is 12.5. The van der Waals surface area contributed by atoms with Crippen molar-refractivity contribution in [3.05, 3.63) is 23.8 Å². The second-order valence-corrected chi connectivity index (χ2v) is 6.76. The molecule has 2 aliphatic heterocycles. The van der Waals surface area contributed by atoms with E-state index in [1.165, 1.54) is 0 Å². The van der Waals surface area contributed by atoms with Crippen LogP contribution in [0.5, 0.6) is 0 Å². The molecule has 0 N–H and O–H groups in total. The number of rotatable bonds is 3. The topological polar surface area (TPSA) is 58.6 Å². The molecule has 1 aromatic rings. The lowest BCUT2D eigenvalue weighted by molar-refractivity contribution is -0.0393. The van der Waals surface area contributed by atoms with Crippen molar-refractivity contribution in [3.8, 4) is 0 Å². The molecule has 3 rings (SSSR count). The number of amides is 1. The van der Waals surface area contributed by atoms with Crippen molar-refractivity contribution < 1.29 is 9.53 Å². The van der Waals surface area contributed by atoms with Crippen molar-refractivity contribution in [2.24, 2.45) is 0 Å². The minimum atomic E-state index is -0.0379. The minimum Gasteiger partial charge on any atom is -0.373 e. The second-order valence-electron chi connectivity index (χ2n) is 6.76. The van der Waals surface area contributed by atoms with Crippen LogP contribution in [0, 0.1) is 6.92 Å². The lowest BCUT2D eigenvalue weighted by Gasteiger charge is -2.38. The molecule has 0 aromatic carbocycles. The molecule has 0 radical (unpaired) electrons. The molecule has 2 aliphatic rings. The van der Waals surface area contributed by atoms with Crippen molar-refractivity contribution in [1.82, 2.24) is 19.8 Å². The molecular formula is C17H26N4O2. The van der Waals surface area contributed by atoms with Crippen LogP contribution in [0.25, 0.3) is 0 Å². The van der Waals surface area contributed by atoms with Gasteiger partial charge in [-0.25, -0.2) is 4.98 Å². The molecule has 3 heterocycles. The molecule has 0 saturated carbocycles. The number of aromatic nitrogens is 2. The van der Waals surface area contributed by atoms with Crippen molar-refractivity contribution in [3.63, 3.8) is 0 Å². The number of carbonyl (C=O) groups is 1. The third kappa shape index (κ3) is 3.38. The Morgan fingerprint density at radius 3 is 2.74 bits per heavy atom. The first-order chi connectivity index (χ1) is 11.0. The monoisotopic (exact) mass is 318 g/mol. The summed E-state index contributed by atoms with van der Waals surface area (Å²) in [5.41, 5.74) is 1.22. The Morgan fingerprint density at radius 2 is 2.13 bits per heavy atom. The maximum Gasteiger partial charge on any atom is 0.274 e. The highest BCUT2D eigenvalue weighted by atomic mass is 16.5. The van der Waals surface area contributed by atoms with Gasteiger partial charge >= 0.3 is 0 Å². The van der Waals surface area contributed by atoms with Gasteiger partial charge < -0.3 is 14.5 Å². The van der Waals surface area contributed by atoms with Crippen LogP contribution in [0.2, 0.25) is 0 Å². The molecule has 1 amide bonds. The summed E-state index contributed by atoms with van der Waals surface area (Å²) >= 11 is 0. The smallest absolute Gasteiger partial charge is 0.274 e. The van der Waals surface area contributed by atoms with Gasteiger partial charge in [0.25, 0.3) is 5.91 Å². The highest BCUT2D eigenvalue weighted by Crippen LogP contribution is 2.37. The van der Waals surface area contributed by atoms with Gasteiger partial charge in [0.2, 0.25) is 0 Å². The summed E-state index contributed by atoms with van der Waals surface area (Å²) in [5.74, 6) is -0.0208. The number of piperidine rings is 1. The van der Waals surface area contributed by atoms with E-state index >= 15 is 0 Å². The standard InChI is InChI=1S/C17H26N4O2/c1-4-20(3)14-9-17(23-12-14)5-7-21(8-6-17)16(22)15-11-18-13(2)10-19-15/h10-11,14H,4-9,12H2,1-3H3. The normalized spacial score (nSPS) is 23.7. The Balaban J connectivity index is 1.58. The minimum absolute atomic E-state index is 0.0208. The van der Waals surface area contributed by atoms with Crippen LogP contribution in [-0.2, 0) is 4.74 Å². The van der Waals surface area contributed by atoms with E-state index in [1.54, 1.807) is 12.4 Å².